The second-order valence-corrected chi connectivity index (χ2v) is 6.60. The van der Waals surface area contributed by atoms with Crippen molar-refractivity contribution in [3.05, 3.63) is 52.6 Å². The molecule has 27 heavy (non-hydrogen) atoms. The first kappa shape index (κ1) is 18.9. The molecule has 0 spiro atoms. The predicted octanol–water partition coefficient (Wildman–Crippen LogP) is 1.16. The van der Waals surface area contributed by atoms with E-state index in [1.807, 2.05) is 0 Å². The fraction of sp³-hybridized carbons (Fsp3) is 0.474. The van der Waals surface area contributed by atoms with Crippen molar-refractivity contribution in [2.45, 2.75) is 32.7 Å². The second kappa shape index (κ2) is 8.66. The molecule has 1 aliphatic rings. The van der Waals surface area contributed by atoms with Crippen LogP contribution in [-0.2, 0) is 17.8 Å². The molecule has 0 N–H and O–H groups in total. The van der Waals surface area contributed by atoms with Crippen molar-refractivity contribution in [3.8, 4) is 0 Å². The summed E-state index contributed by atoms with van der Waals surface area (Å²) in [6.07, 6.45) is 5.70. The molecule has 8 heteroatoms. The minimum atomic E-state index is -0.212. The van der Waals surface area contributed by atoms with Crippen LogP contribution in [0.1, 0.15) is 36.0 Å². The summed E-state index contributed by atoms with van der Waals surface area (Å²) in [7, 11) is 0. The van der Waals surface area contributed by atoms with Crippen molar-refractivity contribution in [3.63, 3.8) is 0 Å². The van der Waals surface area contributed by atoms with Crippen molar-refractivity contribution in [2.75, 3.05) is 26.2 Å². The van der Waals surface area contributed by atoms with Crippen LogP contribution in [0.15, 0.2) is 40.0 Å². The van der Waals surface area contributed by atoms with Gasteiger partial charge < -0.3 is 14.2 Å². The minimum Gasteiger partial charge on any atom is -0.459 e. The fourth-order valence-corrected chi connectivity index (χ4v) is 3.04. The van der Waals surface area contributed by atoms with Gasteiger partial charge in [-0.3, -0.25) is 19.0 Å². The zero-order valence-electron chi connectivity index (χ0n) is 15.5. The van der Waals surface area contributed by atoms with Crippen molar-refractivity contribution < 1.29 is 14.0 Å². The molecule has 0 saturated carbocycles. The number of carbonyl (C=O) groups is 2. The molecule has 0 aromatic carbocycles. The first-order chi connectivity index (χ1) is 13.1. The summed E-state index contributed by atoms with van der Waals surface area (Å²) < 4.78 is 6.46. The Kier molecular flexibility index (Phi) is 6.05. The lowest BCUT2D eigenvalue weighted by Gasteiger charge is -2.34. The molecule has 0 aliphatic carbocycles. The molecule has 0 atom stereocenters. The van der Waals surface area contributed by atoms with Crippen molar-refractivity contribution in [2.24, 2.45) is 0 Å². The zero-order valence-corrected chi connectivity index (χ0v) is 15.5. The van der Waals surface area contributed by atoms with Gasteiger partial charge in [-0.2, -0.15) is 0 Å². The summed E-state index contributed by atoms with van der Waals surface area (Å²) in [6.45, 7) is 3.79. The SMILES string of the molecule is CCCCc1cc(=O)n(CC(=O)N2CCN(C(=O)c3ccco3)CC2)cn1. The van der Waals surface area contributed by atoms with Gasteiger partial charge in [-0.1, -0.05) is 13.3 Å². The lowest BCUT2D eigenvalue weighted by Crippen LogP contribution is -2.51. The number of hydrogen-bond donors (Lipinski definition) is 0. The Labute approximate surface area is 157 Å². The Hall–Kier alpha value is -2.90. The van der Waals surface area contributed by atoms with E-state index in [0.717, 1.165) is 25.0 Å². The average Bonchev–Trinajstić information content (AvgIpc) is 3.22. The first-order valence-electron chi connectivity index (χ1n) is 9.24. The summed E-state index contributed by atoms with van der Waals surface area (Å²) in [5, 5.41) is 0. The highest BCUT2D eigenvalue weighted by atomic mass is 16.3. The number of hydrogen-bond acceptors (Lipinski definition) is 5. The molecule has 2 aromatic rings. The molecule has 2 aromatic heterocycles. The monoisotopic (exact) mass is 372 g/mol. The molecule has 8 nitrogen and oxygen atoms in total. The molecule has 3 heterocycles. The Bertz CT molecular complexity index is 836. The van der Waals surface area contributed by atoms with Crippen LogP contribution < -0.4 is 5.56 Å². The Balaban J connectivity index is 1.54. The molecule has 2 amide bonds. The van der Waals surface area contributed by atoms with Crippen molar-refractivity contribution >= 4 is 11.8 Å². The third kappa shape index (κ3) is 4.64. The highest BCUT2D eigenvalue weighted by Crippen LogP contribution is 2.10. The van der Waals surface area contributed by atoms with Crippen LogP contribution in [-0.4, -0.2) is 57.3 Å². The Morgan fingerprint density at radius 2 is 1.93 bits per heavy atom. The van der Waals surface area contributed by atoms with Crippen molar-refractivity contribution in [1.82, 2.24) is 19.4 Å². The van der Waals surface area contributed by atoms with E-state index in [1.165, 1.54) is 23.2 Å². The van der Waals surface area contributed by atoms with Crippen LogP contribution in [0.25, 0.3) is 0 Å². The van der Waals surface area contributed by atoms with Gasteiger partial charge in [0.2, 0.25) is 5.91 Å². The minimum absolute atomic E-state index is 0.0357. The van der Waals surface area contributed by atoms with Crippen LogP contribution in [0.2, 0.25) is 0 Å². The topological polar surface area (TPSA) is 88.7 Å². The molecule has 1 aliphatic heterocycles. The van der Waals surface area contributed by atoms with E-state index < -0.39 is 0 Å². The maximum absolute atomic E-state index is 12.5. The Morgan fingerprint density at radius 3 is 2.56 bits per heavy atom. The fourth-order valence-electron chi connectivity index (χ4n) is 3.04. The van der Waals surface area contributed by atoms with E-state index >= 15 is 0 Å². The van der Waals surface area contributed by atoms with E-state index in [1.54, 1.807) is 21.9 Å². The number of carbonyl (C=O) groups excluding carboxylic acids is 2. The molecular weight excluding hydrogens is 348 g/mol. The van der Waals surface area contributed by atoms with Gasteiger partial charge in [-0.25, -0.2) is 4.98 Å². The summed E-state index contributed by atoms with van der Waals surface area (Å²) >= 11 is 0. The van der Waals surface area contributed by atoms with Gasteiger partial charge >= 0.3 is 0 Å². The number of furan rings is 1. The third-order valence-electron chi connectivity index (χ3n) is 4.68. The van der Waals surface area contributed by atoms with Gasteiger partial charge in [0.15, 0.2) is 5.76 Å². The lowest BCUT2D eigenvalue weighted by molar-refractivity contribution is -0.133. The van der Waals surface area contributed by atoms with Gasteiger partial charge in [0.25, 0.3) is 11.5 Å². The predicted molar refractivity (Wildman–Crippen MR) is 98.3 cm³/mol. The van der Waals surface area contributed by atoms with E-state index in [9.17, 15) is 14.4 Å². The maximum atomic E-state index is 12.5. The zero-order chi connectivity index (χ0) is 19.2. The molecule has 0 bridgehead atoms. The van der Waals surface area contributed by atoms with Crippen LogP contribution in [0.3, 0.4) is 0 Å². The van der Waals surface area contributed by atoms with E-state index in [-0.39, 0.29) is 23.9 Å². The summed E-state index contributed by atoms with van der Waals surface area (Å²) in [6, 6.07) is 4.80. The van der Waals surface area contributed by atoms with Gasteiger partial charge in [-0.05, 0) is 25.0 Å². The largest absolute Gasteiger partial charge is 0.459 e. The average molecular weight is 372 g/mol. The summed E-state index contributed by atoms with van der Waals surface area (Å²) in [4.78, 5) is 44.5. The normalized spacial score (nSPS) is 14.4. The first-order valence-corrected chi connectivity index (χ1v) is 9.24. The van der Waals surface area contributed by atoms with Gasteiger partial charge in [0, 0.05) is 37.9 Å². The molecule has 0 unspecified atom stereocenters. The molecule has 1 saturated heterocycles. The van der Waals surface area contributed by atoms with Gasteiger partial charge in [0.05, 0.1) is 12.6 Å². The van der Waals surface area contributed by atoms with E-state index in [4.69, 9.17) is 4.42 Å². The highest BCUT2D eigenvalue weighted by Gasteiger charge is 2.26. The lowest BCUT2D eigenvalue weighted by atomic mass is 10.2. The van der Waals surface area contributed by atoms with E-state index in [0.29, 0.717) is 31.9 Å². The van der Waals surface area contributed by atoms with Crippen LogP contribution in [0.4, 0.5) is 0 Å². The summed E-state index contributed by atoms with van der Waals surface area (Å²) in [5.74, 6) is -0.0175. The molecule has 3 rings (SSSR count). The molecule has 0 radical (unpaired) electrons. The van der Waals surface area contributed by atoms with Crippen LogP contribution in [0, 0.1) is 0 Å². The quantitative estimate of drug-likeness (QED) is 0.759. The van der Waals surface area contributed by atoms with Gasteiger partial charge in [0.1, 0.15) is 6.54 Å². The number of piperazine rings is 1. The summed E-state index contributed by atoms with van der Waals surface area (Å²) in [5.41, 5.74) is 0.548. The van der Waals surface area contributed by atoms with Crippen LogP contribution in [0.5, 0.6) is 0 Å². The molecule has 144 valence electrons. The molecule has 1 fully saturated rings. The smallest absolute Gasteiger partial charge is 0.289 e. The highest BCUT2D eigenvalue weighted by molar-refractivity contribution is 5.91. The second-order valence-electron chi connectivity index (χ2n) is 6.60. The number of nitrogens with zero attached hydrogens (tertiary/aromatic N) is 4. The Morgan fingerprint density at radius 1 is 1.19 bits per heavy atom. The number of unbranched alkanes of at least 4 members (excludes halogenated alkanes) is 1. The standard InChI is InChI=1S/C19H24N4O4/c1-2-3-5-15-12-17(24)23(14-20-15)13-18(25)21-7-9-22(10-8-21)19(26)16-6-4-11-27-16/h4,6,11-12,14H,2-3,5,7-10,13H2,1H3. The molecular formula is C19H24N4O4. The third-order valence-corrected chi connectivity index (χ3v) is 4.68. The van der Waals surface area contributed by atoms with Gasteiger partial charge in [-0.15, -0.1) is 0 Å². The number of amides is 2. The van der Waals surface area contributed by atoms with E-state index in [2.05, 4.69) is 11.9 Å². The number of aromatic nitrogens is 2. The maximum Gasteiger partial charge on any atom is 0.289 e. The number of aryl methyl sites for hydroxylation is 1. The van der Waals surface area contributed by atoms with Crippen molar-refractivity contribution in [1.29, 1.82) is 0 Å². The van der Waals surface area contributed by atoms with Crippen LogP contribution >= 0.6 is 0 Å². The number of rotatable bonds is 6.